The van der Waals surface area contributed by atoms with Crippen molar-refractivity contribution >= 4 is 23.6 Å². The van der Waals surface area contributed by atoms with Crippen LogP contribution in [0.2, 0.25) is 0 Å². The van der Waals surface area contributed by atoms with Gasteiger partial charge in [0.15, 0.2) is 0 Å². The number of amides is 1. The minimum atomic E-state index is -1.02. The number of methoxy groups -OCH3 is 2. The van der Waals surface area contributed by atoms with Gasteiger partial charge in [-0.25, -0.2) is 9.59 Å². The van der Waals surface area contributed by atoms with E-state index < -0.39 is 35.9 Å². The Hall–Kier alpha value is -3.81. The maximum Gasteiger partial charge on any atom is 0.410 e. The minimum Gasteiger partial charge on any atom is -0.497 e. The number of esters is 2. The van der Waals surface area contributed by atoms with E-state index in [-0.39, 0.29) is 26.2 Å². The van der Waals surface area contributed by atoms with Gasteiger partial charge in [0.1, 0.15) is 18.4 Å². The van der Waals surface area contributed by atoms with Crippen LogP contribution in [0, 0.1) is 11.8 Å². The van der Waals surface area contributed by atoms with Crippen LogP contribution in [0.1, 0.15) is 24.5 Å². The van der Waals surface area contributed by atoms with E-state index in [4.69, 9.17) is 18.9 Å². The highest BCUT2D eigenvalue weighted by Gasteiger charge is 2.51. The maximum atomic E-state index is 13.2. The summed E-state index contributed by atoms with van der Waals surface area (Å²) in [5.41, 5.74) is 2.27. The largest absolute Gasteiger partial charge is 0.497 e. The molecule has 0 radical (unpaired) electrons. The summed E-state index contributed by atoms with van der Waals surface area (Å²) in [4.78, 5) is 39.9. The molecule has 2 aromatic rings. The molecule has 1 aliphatic rings. The number of nitrogens with zero attached hydrogens (tertiary/aromatic N) is 1. The molecule has 8 nitrogen and oxygen atoms in total. The van der Waals surface area contributed by atoms with Crippen molar-refractivity contribution in [3.05, 3.63) is 72.3 Å². The molecule has 0 spiro atoms. The van der Waals surface area contributed by atoms with Crippen molar-refractivity contribution in [2.24, 2.45) is 11.8 Å². The van der Waals surface area contributed by atoms with Gasteiger partial charge in [-0.15, -0.1) is 0 Å². The van der Waals surface area contributed by atoms with Crippen molar-refractivity contribution in [2.45, 2.75) is 26.0 Å². The Morgan fingerprint density at radius 2 is 1.77 bits per heavy atom. The van der Waals surface area contributed by atoms with Gasteiger partial charge in [0, 0.05) is 18.4 Å². The fourth-order valence-corrected chi connectivity index (χ4v) is 4.37. The van der Waals surface area contributed by atoms with Crippen LogP contribution in [-0.4, -0.2) is 56.3 Å². The molecule has 1 saturated heterocycles. The van der Waals surface area contributed by atoms with Gasteiger partial charge in [0.05, 0.1) is 27.2 Å². The van der Waals surface area contributed by atoms with E-state index in [1.807, 2.05) is 54.6 Å². The molecular formula is C27H31NO7. The number of benzene rings is 2. The Bertz CT molecular complexity index is 1050. The quantitative estimate of drug-likeness (QED) is 0.394. The van der Waals surface area contributed by atoms with Gasteiger partial charge in [-0.1, -0.05) is 49.0 Å². The summed E-state index contributed by atoms with van der Waals surface area (Å²) in [5.74, 6) is -1.47. The van der Waals surface area contributed by atoms with Crippen LogP contribution in [0.3, 0.4) is 0 Å². The lowest BCUT2D eigenvalue weighted by atomic mass is 9.81. The Labute approximate surface area is 205 Å². The molecule has 0 aromatic heterocycles. The molecule has 35 heavy (non-hydrogen) atoms. The predicted octanol–water partition coefficient (Wildman–Crippen LogP) is 4.09. The van der Waals surface area contributed by atoms with Crippen molar-refractivity contribution in [2.75, 3.05) is 27.4 Å². The molecule has 1 amide bonds. The van der Waals surface area contributed by atoms with E-state index in [2.05, 4.69) is 6.58 Å². The fourth-order valence-electron chi connectivity index (χ4n) is 4.37. The number of hydrogen-bond donors (Lipinski definition) is 0. The first kappa shape index (κ1) is 25.8. The number of rotatable bonds is 9. The number of hydrogen-bond acceptors (Lipinski definition) is 7. The highest BCUT2D eigenvalue weighted by Crippen LogP contribution is 2.41. The van der Waals surface area contributed by atoms with Crippen LogP contribution in [0.4, 0.5) is 4.79 Å². The molecule has 0 N–H and O–H groups in total. The summed E-state index contributed by atoms with van der Waals surface area (Å²) in [7, 11) is 2.85. The van der Waals surface area contributed by atoms with Gasteiger partial charge in [-0.2, -0.15) is 0 Å². The zero-order valence-corrected chi connectivity index (χ0v) is 20.3. The van der Waals surface area contributed by atoms with Crippen molar-refractivity contribution in [3.63, 3.8) is 0 Å². The highest BCUT2D eigenvalue weighted by atomic mass is 16.6. The molecule has 1 heterocycles. The van der Waals surface area contributed by atoms with E-state index in [0.29, 0.717) is 11.3 Å². The highest BCUT2D eigenvalue weighted by molar-refractivity contribution is 5.85. The van der Waals surface area contributed by atoms with Crippen LogP contribution < -0.4 is 4.74 Å². The van der Waals surface area contributed by atoms with E-state index >= 15 is 0 Å². The van der Waals surface area contributed by atoms with Gasteiger partial charge < -0.3 is 18.9 Å². The first-order valence-corrected chi connectivity index (χ1v) is 11.4. The Morgan fingerprint density at radius 3 is 2.43 bits per heavy atom. The lowest BCUT2D eigenvalue weighted by Crippen LogP contribution is -2.45. The molecule has 2 aromatic carbocycles. The van der Waals surface area contributed by atoms with E-state index in [1.165, 1.54) is 12.0 Å². The minimum absolute atomic E-state index is 0.0505. The van der Waals surface area contributed by atoms with Gasteiger partial charge in [-0.05, 0) is 35.8 Å². The second-order valence-electron chi connectivity index (χ2n) is 8.20. The van der Waals surface area contributed by atoms with Crippen molar-refractivity contribution in [3.8, 4) is 5.75 Å². The van der Waals surface area contributed by atoms with Gasteiger partial charge >= 0.3 is 18.0 Å². The summed E-state index contributed by atoms with van der Waals surface area (Å²) in [6, 6.07) is 15.6. The SMILES string of the molecule is C=C(c1cccc(OC)c1)[C@H]1CN(C(=O)OCc2ccccc2)[C@H](C(=O)OCC)[C@H]1CC(=O)OC. The van der Waals surface area contributed by atoms with Crippen LogP contribution in [0.15, 0.2) is 61.2 Å². The normalized spacial score (nSPS) is 19.1. The summed E-state index contributed by atoms with van der Waals surface area (Å²) in [6.07, 6.45) is -0.751. The number of likely N-dealkylation sites (tertiary alicyclic amines) is 1. The van der Waals surface area contributed by atoms with Gasteiger partial charge in [-0.3, -0.25) is 9.69 Å². The lowest BCUT2D eigenvalue weighted by molar-refractivity contribution is -0.150. The average molecular weight is 482 g/mol. The molecule has 0 bridgehead atoms. The Balaban J connectivity index is 1.93. The molecule has 8 heteroatoms. The zero-order valence-electron chi connectivity index (χ0n) is 20.3. The number of carbonyl (C=O) groups excluding carboxylic acids is 3. The van der Waals surface area contributed by atoms with Crippen LogP contribution in [-0.2, 0) is 30.4 Å². The molecule has 186 valence electrons. The maximum absolute atomic E-state index is 13.2. The summed E-state index contributed by atoms with van der Waals surface area (Å²) >= 11 is 0. The van der Waals surface area contributed by atoms with E-state index in [0.717, 1.165) is 11.1 Å². The average Bonchev–Trinajstić information content (AvgIpc) is 3.26. The molecule has 0 aliphatic carbocycles. The van der Waals surface area contributed by atoms with Crippen molar-refractivity contribution in [1.82, 2.24) is 4.90 Å². The second kappa shape index (κ2) is 12.1. The summed E-state index contributed by atoms with van der Waals surface area (Å²) in [6.45, 7) is 6.26. The Morgan fingerprint density at radius 1 is 1.03 bits per heavy atom. The van der Waals surface area contributed by atoms with E-state index in [1.54, 1.807) is 14.0 Å². The molecule has 3 atom stereocenters. The smallest absolute Gasteiger partial charge is 0.410 e. The Kier molecular flexibility index (Phi) is 8.89. The van der Waals surface area contributed by atoms with Crippen molar-refractivity contribution in [1.29, 1.82) is 0 Å². The molecule has 1 aliphatic heterocycles. The van der Waals surface area contributed by atoms with Gasteiger partial charge in [0.2, 0.25) is 0 Å². The van der Waals surface area contributed by atoms with Crippen LogP contribution in [0.25, 0.3) is 5.57 Å². The first-order valence-electron chi connectivity index (χ1n) is 11.4. The third kappa shape index (κ3) is 6.20. The summed E-state index contributed by atoms with van der Waals surface area (Å²) < 4.78 is 21.1. The third-order valence-corrected chi connectivity index (χ3v) is 6.14. The molecule has 1 fully saturated rings. The van der Waals surface area contributed by atoms with Gasteiger partial charge in [0.25, 0.3) is 0 Å². The molecular weight excluding hydrogens is 450 g/mol. The monoisotopic (exact) mass is 481 g/mol. The molecule has 0 unspecified atom stereocenters. The number of carbonyl (C=O) groups is 3. The first-order chi connectivity index (χ1) is 16.9. The second-order valence-corrected chi connectivity index (χ2v) is 8.20. The van der Waals surface area contributed by atoms with Crippen LogP contribution in [0.5, 0.6) is 5.75 Å². The van der Waals surface area contributed by atoms with Crippen molar-refractivity contribution < 1.29 is 33.3 Å². The number of ether oxygens (including phenoxy) is 4. The van der Waals surface area contributed by atoms with Crippen LogP contribution >= 0.6 is 0 Å². The standard InChI is InChI=1S/C27H31NO7/c1-5-34-26(30)25-22(15-24(29)33-4)23(18(2)20-12-9-13-21(14-20)32-3)16-28(25)27(31)35-17-19-10-7-6-8-11-19/h6-14,22-23,25H,2,5,15-17H2,1,3-4H3/t22-,23+,25-/m0/s1. The zero-order chi connectivity index (χ0) is 25.4. The van der Waals surface area contributed by atoms with E-state index in [9.17, 15) is 14.4 Å². The fraction of sp³-hybridized carbons (Fsp3) is 0.370. The predicted molar refractivity (Wildman–Crippen MR) is 129 cm³/mol. The molecule has 3 rings (SSSR count). The third-order valence-electron chi connectivity index (χ3n) is 6.14. The lowest BCUT2D eigenvalue weighted by Gasteiger charge is -2.26. The molecule has 0 saturated carbocycles. The summed E-state index contributed by atoms with van der Waals surface area (Å²) in [5, 5.41) is 0. The topological polar surface area (TPSA) is 91.4 Å².